The number of nitrogens with one attached hydrogen (secondary N) is 1. The molecule has 1 aromatic carbocycles. The SMILES string of the molecule is COc1ccc(OC)c(CNC2C3C4CCC(C4)C23)c1. The Kier molecular flexibility index (Phi) is 2.92. The van der Waals surface area contributed by atoms with Crippen LogP contribution in [0.2, 0.25) is 0 Å². The fourth-order valence-corrected chi connectivity index (χ4v) is 4.85. The third-order valence-corrected chi connectivity index (χ3v) is 5.75. The monoisotopic (exact) mass is 273 g/mol. The third kappa shape index (κ3) is 1.83. The Morgan fingerprint density at radius 2 is 1.85 bits per heavy atom. The van der Waals surface area contributed by atoms with Crippen molar-refractivity contribution >= 4 is 0 Å². The molecule has 4 unspecified atom stereocenters. The molecule has 1 N–H and O–H groups in total. The molecular formula is C17H23NO2. The summed E-state index contributed by atoms with van der Waals surface area (Å²) in [7, 11) is 3.44. The van der Waals surface area contributed by atoms with Crippen LogP contribution in [0.5, 0.6) is 11.5 Å². The van der Waals surface area contributed by atoms with Crippen molar-refractivity contribution in [3.63, 3.8) is 0 Å². The van der Waals surface area contributed by atoms with Crippen molar-refractivity contribution < 1.29 is 9.47 Å². The molecule has 4 atom stereocenters. The van der Waals surface area contributed by atoms with E-state index in [4.69, 9.17) is 9.47 Å². The lowest BCUT2D eigenvalue weighted by Gasteiger charge is -2.13. The minimum absolute atomic E-state index is 0.761. The van der Waals surface area contributed by atoms with E-state index < -0.39 is 0 Å². The summed E-state index contributed by atoms with van der Waals surface area (Å²) in [5, 5.41) is 3.77. The lowest BCUT2D eigenvalue weighted by molar-refractivity contribution is 0.394. The van der Waals surface area contributed by atoms with Gasteiger partial charge in [-0.2, -0.15) is 0 Å². The first-order chi connectivity index (χ1) is 9.81. The van der Waals surface area contributed by atoms with Gasteiger partial charge in [0.15, 0.2) is 0 Å². The maximum absolute atomic E-state index is 5.45. The van der Waals surface area contributed by atoms with Crippen LogP contribution in [-0.4, -0.2) is 20.3 Å². The van der Waals surface area contributed by atoms with Crippen molar-refractivity contribution in [3.05, 3.63) is 23.8 Å². The van der Waals surface area contributed by atoms with Crippen molar-refractivity contribution in [3.8, 4) is 11.5 Å². The van der Waals surface area contributed by atoms with Gasteiger partial charge in [0.05, 0.1) is 14.2 Å². The normalized spacial score (nSPS) is 36.8. The zero-order chi connectivity index (χ0) is 13.7. The number of benzene rings is 1. The molecule has 3 fully saturated rings. The van der Waals surface area contributed by atoms with Gasteiger partial charge in [-0.3, -0.25) is 0 Å². The third-order valence-electron chi connectivity index (χ3n) is 5.75. The summed E-state index contributed by atoms with van der Waals surface area (Å²) in [5.41, 5.74) is 1.20. The molecule has 0 aliphatic heterocycles. The van der Waals surface area contributed by atoms with E-state index >= 15 is 0 Å². The summed E-state index contributed by atoms with van der Waals surface area (Å²) in [5.74, 6) is 5.85. The molecule has 2 bridgehead atoms. The lowest BCUT2D eigenvalue weighted by atomic mass is 10.0. The predicted octanol–water partition coefficient (Wildman–Crippen LogP) is 2.84. The van der Waals surface area contributed by atoms with Crippen LogP contribution in [-0.2, 0) is 6.54 Å². The van der Waals surface area contributed by atoms with E-state index in [1.54, 1.807) is 14.2 Å². The van der Waals surface area contributed by atoms with Gasteiger partial charge in [0.1, 0.15) is 11.5 Å². The standard InChI is InChI=1S/C17H23NO2/c1-19-13-5-6-14(20-2)12(8-13)9-18-17-15-10-3-4-11(7-10)16(15)17/h5-6,8,10-11,15-18H,3-4,7,9H2,1-2H3. The summed E-state index contributed by atoms with van der Waals surface area (Å²) in [6.45, 7) is 0.886. The molecule has 0 aromatic heterocycles. The summed E-state index contributed by atoms with van der Waals surface area (Å²) in [4.78, 5) is 0. The Bertz CT molecular complexity index is 500. The van der Waals surface area contributed by atoms with Crippen molar-refractivity contribution in [2.45, 2.75) is 31.8 Å². The second kappa shape index (κ2) is 4.66. The smallest absolute Gasteiger partial charge is 0.123 e. The predicted molar refractivity (Wildman–Crippen MR) is 78.0 cm³/mol. The van der Waals surface area contributed by atoms with Gasteiger partial charge in [-0.1, -0.05) is 0 Å². The molecule has 3 saturated carbocycles. The van der Waals surface area contributed by atoms with Gasteiger partial charge in [0, 0.05) is 18.2 Å². The molecular weight excluding hydrogens is 250 g/mol. The van der Waals surface area contributed by atoms with Crippen LogP contribution in [0.15, 0.2) is 18.2 Å². The maximum atomic E-state index is 5.45. The highest BCUT2D eigenvalue weighted by Crippen LogP contribution is 2.65. The molecule has 0 amide bonds. The van der Waals surface area contributed by atoms with Crippen LogP contribution in [0.25, 0.3) is 0 Å². The van der Waals surface area contributed by atoms with Crippen molar-refractivity contribution in [1.29, 1.82) is 0 Å². The van der Waals surface area contributed by atoms with E-state index in [1.807, 2.05) is 12.1 Å². The molecule has 0 heterocycles. The fraction of sp³-hybridized carbons (Fsp3) is 0.647. The molecule has 0 saturated heterocycles. The average molecular weight is 273 g/mol. The maximum Gasteiger partial charge on any atom is 0.123 e. The number of hydrogen-bond acceptors (Lipinski definition) is 3. The first kappa shape index (κ1) is 12.5. The Balaban J connectivity index is 1.43. The number of hydrogen-bond donors (Lipinski definition) is 1. The van der Waals surface area contributed by atoms with E-state index in [9.17, 15) is 0 Å². The van der Waals surface area contributed by atoms with Gasteiger partial charge in [-0.05, 0) is 61.1 Å². The molecule has 3 aliphatic carbocycles. The highest BCUT2D eigenvalue weighted by atomic mass is 16.5. The van der Waals surface area contributed by atoms with Crippen molar-refractivity contribution in [1.82, 2.24) is 5.32 Å². The van der Waals surface area contributed by atoms with E-state index in [-0.39, 0.29) is 0 Å². The lowest BCUT2D eigenvalue weighted by Crippen LogP contribution is -2.22. The minimum Gasteiger partial charge on any atom is -0.497 e. The quantitative estimate of drug-likeness (QED) is 0.895. The summed E-state index contributed by atoms with van der Waals surface area (Å²) >= 11 is 0. The van der Waals surface area contributed by atoms with Crippen LogP contribution in [0.3, 0.4) is 0 Å². The molecule has 0 spiro atoms. The van der Waals surface area contributed by atoms with Gasteiger partial charge in [0.2, 0.25) is 0 Å². The zero-order valence-electron chi connectivity index (χ0n) is 12.3. The second-order valence-corrected chi connectivity index (χ2v) is 6.57. The van der Waals surface area contributed by atoms with E-state index in [0.717, 1.165) is 47.8 Å². The van der Waals surface area contributed by atoms with E-state index in [1.165, 1.54) is 24.8 Å². The topological polar surface area (TPSA) is 30.5 Å². The first-order valence-electron chi connectivity index (χ1n) is 7.76. The summed E-state index contributed by atoms with van der Waals surface area (Å²) in [6, 6.07) is 6.79. The fourth-order valence-electron chi connectivity index (χ4n) is 4.85. The zero-order valence-corrected chi connectivity index (χ0v) is 12.3. The molecule has 1 aromatic rings. The molecule has 20 heavy (non-hydrogen) atoms. The van der Waals surface area contributed by atoms with E-state index in [2.05, 4.69) is 11.4 Å². The van der Waals surface area contributed by atoms with Crippen LogP contribution in [0.1, 0.15) is 24.8 Å². The molecule has 3 aliphatic rings. The summed E-state index contributed by atoms with van der Waals surface area (Å²) < 4.78 is 10.8. The molecule has 4 rings (SSSR count). The number of rotatable bonds is 5. The van der Waals surface area contributed by atoms with Crippen LogP contribution in [0, 0.1) is 23.7 Å². The Labute approximate surface area is 120 Å². The first-order valence-corrected chi connectivity index (χ1v) is 7.76. The van der Waals surface area contributed by atoms with Gasteiger partial charge in [-0.15, -0.1) is 0 Å². The highest BCUT2D eigenvalue weighted by Gasteiger charge is 2.64. The number of fused-ring (bicyclic) bond motifs is 5. The molecule has 3 nitrogen and oxygen atoms in total. The largest absolute Gasteiger partial charge is 0.497 e. The minimum atomic E-state index is 0.761. The highest BCUT2D eigenvalue weighted by molar-refractivity contribution is 5.40. The van der Waals surface area contributed by atoms with Gasteiger partial charge >= 0.3 is 0 Å². The van der Waals surface area contributed by atoms with Gasteiger partial charge in [-0.25, -0.2) is 0 Å². The van der Waals surface area contributed by atoms with Crippen LogP contribution < -0.4 is 14.8 Å². The van der Waals surface area contributed by atoms with Gasteiger partial charge in [0.25, 0.3) is 0 Å². The number of ether oxygens (including phenoxy) is 2. The van der Waals surface area contributed by atoms with E-state index in [0.29, 0.717) is 0 Å². The van der Waals surface area contributed by atoms with Crippen LogP contribution in [0.4, 0.5) is 0 Å². The molecule has 3 heteroatoms. The molecule has 0 radical (unpaired) electrons. The van der Waals surface area contributed by atoms with Crippen molar-refractivity contribution in [2.75, 3.05) is 14.2 Å². The van der Waals surface area contributed by atoms with Crippen molar-refractivity contribution in [2.24, 2.45) is 23.7 Å². The van der Waals surface area contributed by atoms with Gasteiger partial charge < -0.3 is 14.8 Å². The number of methoxy groups -OCH3 is 2. The Hall–Kier alpha value is -1.22. The summed E-state index contributed by atoms with van der Waals surface area (Å²) in [6.07, 6.45) is 4.47. The Morgan fingerprint density at radius 3 is 2.50 bits per heavy atom. The second-order valence-electron chi connectivity index (χ2n) is 6.57. The molecule has 108 valence electrons. The van der Waals surface area contributed by atoms with Crippen LogP contribution >= 0.6 is 0 Å². The Morgan fingerprint density at radius 1 is 1.10 bits per heavy atom. The average Bonchev–Trinajstić information content (AvgIpc) is 2.87.